The molecule has 0 spiro atoms. The van der Waals surface area contributed by atoms with Crippen LogP contribution in [0.2, 0.25) is 0 Å². The number of carbonyl (C=O) groups excluding carboxylic acids is 1. The second-order valence-corrected chi connectivity index (χ2v) is 9.64. The summed E-state index contributed by atoms with van der Waals surface area (Å²) in [6.07, 6.45) is 8.20. The molecule has 4 aliphatic rings. The summed E-state index contributed by atoms with van der Waals surface area (Å²) in [5, 5.41) is 1.88. The molecule has 0 amide bonds. The molecular formula is C22H25NO2S. The third-order valence-corrected chi connectivity index (χ3v) is 7.77. The fourth-order valence-electron chi connectivity index (χ4n) is 6.21. The maximum Gasteiger partial charge on any atom is 0.353 e. The highest BCUT2D eigenvalue weighted by Gasteiger charge is 2.53. The Hall–Kier alpha value is -1.65. The van der Waals surface area contributed by atoms with E-state index in [4.69, 9.17) is 10.5 Å². The zero-order valence-electron chi connectivity index (χ0n) is 14.9. The van der Waals surface area contributed by atoms with Crippen LogP contribution in [0.1, 0.15) is 59.8 Å². The molecule has 2 aromatic rings. The Morgan fingerprint density at radius 2 is 1.65 bits per heavy atom. The van der Waals surface area contributed by atoms with Gasteiger partial charge >= 0.3 is 5.97 Å². The molecule has 4 aliphatic carbocycles. The van der Waals surface area contributed by atoms with Gasteiger partial charge in [0.25, 0.3) is 0 Å². The number of rotatable bonds is 4. The topological polar surface area (TPSA) is 52.3 Å². The van der Waals surface area contributed by atoms with Gasteiger partial charge in [0.2, 0.25) is 0 Å². The molecule has 0 aliphatic heterocycles. The van der Waals surface area contributed by atoms with Crippen LogP contribution in [0, 0.1) is 23.2 Å². The first-order valence-corrected chi connectivity index (χ1v) is 10.6. The fraction of sp³-hybridized carbons (Fsp3) is 0.500. The minimum atomic E-state index is -0.293. The highest BCUT2D eigenvalue weighted by molar-refractivity contribution is 7.12. The van der Waals surface area contributed by atoms with Crippen LogP contribution in [0.3, 0.4) is 0 Å². The molecule has 1 heterocycles. The number of ether oxygens (including phenoxy) is 1. The summed E-state index contributed by atoms with van der Waals surface area (Å²) in [7, 11) is 0. The van der Waals surface area contributed by atoms with E-state index < -0.39 is 0 Å². The molecular weight excluding hydrogens is 342 g/mol. The Morgan fingerprint density at radius 3 is 2.19 bits per heavy atom. The number of nitrogens with two attached hydrogens (primary N) is 1. The normalized spacial score (nSPS) is 33.2. The van der Waals surface area contributed by atoms with Crippen molar-refractivity contribution in [3.05, 3.63) is 52.2 Å². The predicted molar refractivity (Wildman–Crippen MR) is 103 cm³/mol. The average Bonchev–Trinajstić information content (AvgIpc) is 3.15. The van der Waals surface area contributed by atoms with Crippen LogP contribution >= 0.6 is 11.3 Å². The summed E-state index contributed by atoms with van der Waals surface area (Å²) in [5.41, 5.74) is 8.30. The van der Waals surface area contributed by atoms with Gasteiger partial charge in [-0.2, -0.15) is 0 Å². The molecule has 1 unspecified atom stereocenters. The van der Waals surface area contributed by atoms with Gasteiger partial charge in [-0.05, 0) is 90.8 Å². The van der Waals surface area contributed by atoms with Crippen LogP contribution in [0.25, 0.3) is 0 Å². The van der Waals surface area contributed by atoms with Crippen LogP contribution in [0.15, 0.2) is 41.8 Å². The van der Waals surface area contributed by atoms with Crippen molar-refractivity contribution in [3.8, 4) is 5.75 Å². The first kappa shape index (κ1) is 16.5. The minimum absolute atomic E-state index is 0.0953. The van der Waals surface area contributed by atoms with Gasteiger partial charge in [-0.25, -0.2) is 4.79 Å². The van der Waals surface area contributed by atoms with Crippen molar-refractivity contribution in [1.29, 1.82) is 0 Å². The second-order valence-electron chi connectivity index (χ2n) is 8.69. The zero-order valence-corrected chi connectivity index (χ0v) is 15.7. The molecule has 26 heavy (non-hydrogen) atoms. The van der Waals surface area contributed by atoms with Crippen molar-refractivity contribution in [2.24, 2.45) is 28.9 Å². The van der Waals surface area contributed by atoms with Crippen molar-refractivity contribution in [2.45, 2.75) is 44.6 Å². The van der Waals surface area contributed by atoms with Gasteiger partial charge in [-0.15, -0.1) is 11.3 Å². The molecule has 4 fully saturated rings. The Labute approximate surface area is 158 Å². The molecule has 6 rings (SSSR count). The Bertz CT molecular complexity index is 761. The Kier molecular flexibility index (Phi) is 3.94. The monoisotopic (exact) mass is 367 g/mol. The van der Waals surface area contributed by atoms with Gasteiger partial charge in [0.15, 0.2) is 0 Å². The van der Waals surface area contributed by atoms with Crippen LogP contribution in [-0.4, -0.2) is 5.97 Å². The van der Waals surface area contributed by atoms with Gasteiger partial charge in [-0.1, -0.05) is 18.2 Å². The highest BCUT2D eigenvalue weighted by Crippen LogP contribution is 2.63. The van der Waals surface area contributed by atoms with Gasteiger partial charge in [0, 0.05) is 6.04 Å². The lowest BCUT2D eigenvalue weighted by atomic mass is 9.47. The van der Waals surface area contributed by atoms with Crippen LogP contribution in [-0.2, 0) is 0 Å². The molecule has 0 radical (unpaired) electrons. The molecule has 1 atom stereocenters. The lowest BCUT2D eigenvalue weighted by Crippen LogP contribution is -2.50. The molecule has 0 saturated heterocycles. The van der Waals surface area contributed by atoms with E-state index in [-0.39, 0.29) is 12.0 Å². The number of hydrogen-bond donors (Lipinski definition) is 1. The number of hydrogen-bond acceptors (Lipinski definition) is 4. The van der Waals surface area contributed by atoms with E-state index in [1.165, 1.54) is 55.4 Å². The minimum Gasteiger partial charge on any atom is -0.422 e. The third kappa shape index (κ3) is 2.80. The molecule has 136 valence electrons. The molecule has 3 nitrogen and oxygen atoms in total. The van der Waals surface area contributed by atoms with Crippen molar-refractivity contribution in [1.82, 2.24) is 0 Å². The summed E-state index contributed by atoms with van der Waals surface area (Å²) in [5.74, 6) is 3.00. The molecule has 2 N–H and O–H groups in total. The Morgan fingerprint density at radius 1 is 1.04 bits per heavy atom. The van der Waals surface area contributed by atoms with E-state index >= 15 is 0 Å². The van der Waals surface area contributed by atoms with E-state index in [1.807, 2.05) is 23.6 Å². The number of carbonyl (C=O) groups is 1. The lowest BCUT2D eigenvalue weighted by Gasteiger charge is -2.59. The van der Waals surface area contributed by atoms with Crippen LogP contribution in [0.5, 0.6) is 5.75 Å². The highest BCUT2D eigenvalue weighted by atomic mass is 32.1. The molecule has 4 saturated carbocycles. The van der Waals surface area contributed by atoms with Gasteiger partial charge in [0.05, 0.1) is 0 Å². The van der Waals surface area contributed by atoms with Gasteiger partial charge < -0.3 is 10.5 Å². The summed E-state index contributed by atoms with van der Waals surface area (Å²) in [4.78, 5) is 12.7. The number of thiophene rings is 1. The zero-order chi connectivity index (χ0) is 17.7. The second kappa shape index (κ2) is 6.21. The van der Waals surface area contributed by atoms with E-state index in [2.05, 4.69) is 12.1 Å². The summed E-state index contributed by atoms with van der Waals surface area (Å²) < 4.78 is 5.47. The fourth-order valence-corrected chi connectivity index (χ4v) is 6.81. The molecule has 1 aromatic carbocycles. The lowest BCUT2D eigenvalue weighted by molar-refractivity contribution is -0.0677. The summed E-state index contributed by atoms with van der Waals surface area (Å²) >= 11 is 1.40. The van der Waals surface area contributed by atoms with E-state index in [0.29, 0.717) is 16.0 Å². The standard InChI is InChI=1S/C22H25NO2S/c23-20(22-11-14-8-15(12-22)10-16(9-14)13-22)17-3-5-18(6-4-17)25-21(24)19-2-1-7-26-19/h1-7,14-16,20H,8-13,23H2. The van der Waals surface area contributed by atoms with E-state index in [0.717, 1.165) is 17.8 Å². The summed E-state index contributed by atoms with van der Waals surface area (Å²) in [6.45, 7) is 0. The van der Waals surface area contributed by atoms with Gasteiger partial charge in [-0.3, -0.25) is 0 Å². The summed E-state index contributed by atoms with van der Waals surface area (Å²) in [6, 6.07) is 11.6. The first-order chi connectivity index (χ1) is 12.6. The number of esters is 1. The quantitative estimate of drug-likeness (QED) is 0.598. The Balaban J connectivity index is 1.32. The van der Waals surface area contributed by atoms with Crippen LogP contribution in [0.4, 0.5) is 0 Å². The number of benzene rings is 1. The predicted octanol–water partition coefficient (Wildman–Crippen LogP) is 5.18. The van der Waals surface area contributed by atoms with Gasteiger partial charge in [0.1, 0.15) is 10.6 Å². The van der Waals surface area contributed by atoms with Crippen molar-refractivity contribution in [3.63, 3.8) is 0 Å². The molecule has 4 bridgehead atoms. The SMILES string of the molecule is NC(c1ccc(OC(=O)c2cccs2)cc1)C12CC3CC(CC(C3)C1)C2. The third-order valence-electron chi connectivity index (χ3n) is 6.92. The largest absolute Gasteiger partial charge is 0.422 e. The smallest absolute Gasteiger partial charge is 0.353 e. The maximum absolute atomic E-state index is 12.1. The van der Waals surface area contributed by atoms with Crippen molar-refractivity contribution < 1.29 is 9.53 Å². The molecule has 4 heteroatoms. The first-order valence-electron chi connectivity index (χ1n) is 9.72. The van der Waals surface area contributed by atoms with Crippen molar-refractivity contribution in [2.75, 3.05) is 0 Å². The molecule has 1 aromatic heterocycles. The van der Waals surface area contributed by atoms with E-state index in [1.54, 1.807) is 6.07 Å². The maximum atomic E-state index is 12.1. The average molecular weight is 368 g/mol. The van der Waals surface area contributed by atoms with Crippen molar-refractivity contribution >= 4 is 17.3 Å². The van der Waals surface area contributed by atoms with E-state index in [9.17, 15) is 4.79 Å². The van der Waals surface area contributed by atoms with Crippen LogP contribution < -0.4 is 10.5 Å².